The van der Waals surface area contributed by atoms with Crippen molar-refractivity contribution in [1.82, 2.24) is 10.6 Å². The molecule has 0 aromatic heterocycles. The number of carbonyl (C=O) groups excluding carboxylic acids is 3. The average molecular weight is 754 g/mol. The lowest BCUT2D eigenvalue weighted by Gasteiger charge is -2.30. The predicted octanol–water partition coefficient (Wildman–Crippen LogP) is -2.70. The van der Waals surface area contributed by atoms with E-state index in [0.717, 1.165) is 6.92 Å². The third-order valence-electron chi connectivity index (χ3n) is 5.78. The van der Waals surface area contributed by atoms with Crippen molar-refractivity contribution in [2.75, 3.05) is 39.5 Å². The van der Waals surface area contributed by atoms with Crippen LogP contribution in [-0.2, 0) is 65.6 Å². The molecule has 2 unspecified atom stereocenters. The van der Waals surface area contributed by atoms with Crippen molar-refractivity contribution >= 4 is 51.4 Å². The summed E-state index contributed by atoms with van der Waals surface area (Å²) < 4.78 is 93.1. The van der Waals surface area contributed by atoms with Crippen molar-refractivity contribution in [3.05, 3.63) is 0 Å². The Hall–Kier alpha value is -1.43. The van der Waals surface area contributed by atoms with Gasteiger partial charge in [-0.1, -0.05) is 13.8 Å². The van der Waals surface area contributed by atoms with E-state index in [2.05, 4.69) is 33.3 Å². The first-order valence-electron chi connectivity index (χ1n) is 12.8. The minimum Gasteiger partial charge on any atom is -0.463 e. The van der Waals surface area contributed by atoms with Crippen LogP contribution in [0.25, 0.3) is 0 Å². The van der Waals surface area contributed by atoms with Gasteiger partial charge < -0.3 is 49.9 Å². The number of aliphatic hydroxyl groups excluding tert-OH is 2. The molecular weight excluding hydrogens is 717 g/mol. The smallest absolute Gasteiger partial charge is 0.463 e. The molecule has 1 fully saturated rings. The summed E-state index contributed by atoms with van der Waals surface area (Å²) in [5, 5.41) is 22.8. The van der Waals surface area contributed by atoms with Crippen molar-refractivity contribution in [3.8, 4) is 0 Å². The molecule has 1 heterocycles. The minimum absolute atomic E-state index is 0.234. The van der Waals surface area contributed by atoms with Gasteiger partial charge in [-0.3, -0.25) is 32.5 Å². The lowest BCUT2D eigenvalue weighted by Crippen LogP contribution is -2.46. The van der Waals surface area contributed by atoms with E-state index in [1.807, 2.05) is 0 Å². The molecule has 0 aromatic rings. The summed E-state index contributed by atoms with van der Waals surface area (Å²) in [6, 6.07) is 0. The second kappa shape index (κ2) is 17.3. The predicted molar refractivity (Wildman–Crippen MR) is 148 cm³/mol. The average Bonchev–Trinajstić information content (AvgIpc) is 3.24. The monoisotopic (exact) mass is 754 g/mol. The molecule has 1 aliphatic rings. The Bertz CT molecular complexity index is 1320. The Morgan fingerprint density at radius 2 is 1.61 bits per heavy atom. The first-order chi connectivity index (χ1) is 20.8. The molecule has 9 N–H and O–H groups in total. The molecule has 270 valence electrons. The maximum absolute atomic E-state index is 12.3. The fraction of sp³-hybridized carbons (Fsp3) is 0.842. The summed E-state index contributed by atoms with van der Waals surface area (Å²) >= 11 is 0. The molecule has 0 radical (unpaired) electrons. The van der Waals surface area contributed by atoms with Crippen molar-refractivity contribution < 1.29 is 98.2 Å². The van der Waals surface area contributed by atoms with Crippen LogP contribution < -0.4 is 10.6 Å². The van der Waals surface area contributed by atoms with E-state index in [1.54, 1.807) is 0 Å². The van der Waals surface area contributed by atoms with Gasteiger partial charge in [0.1, 0.15) is 31.0 Å². The number of hydrogen-bond acceptors (Lipinski definition) is 16. The van der Waals surface area contributed by atoms with Crippen LogP contribution in [0, 0.1) is 5.41 Å². The summed E-state index contributed by atoms with van der Waals surface area (Å²) in [5.74, 6) is -2.94. The fourth-order valence-corrected chi connectivity index (χ4v) is 6.35. The standard InChI is InChI=1S/C19H37N2O21P3S/c1-11(46(34,35)36)18(26)37-7-6-20-14(23)4-5-21-17(25)16(24)19(2,3)10-40-45(32,33)42-44(30,31)39-9-13-15(12(22)8-38-13)41-43(27,28)29/h11-13,15-16,22,24H,4-10H2,1-3H3,(H,20,23)(H,21,25)(H,30,31)(H,32,33)(H2,27,28,29)(H,34,35,36)/t11-,12-,13+,15-,16-/m0/s1. The number of rotatable bonds is 20. The molecule has 0 aromatic carbocycles. The van der Waals surface area contributed by atoms with E-state index in [0.29, 0.717) is 0 Å². The lowest BCUT2D eigenvalue weighted by atomic mass is 9.87. The van der Waals surface area contributed by atoms with Crippen LogP contribution in [0.15, 0.2) is 0 Å². The number of ether oxygens (including phenoxy) is 2. The first-order valence-corrected chi connectivity index (χ1v) is 18.8. The number of esters is 1. The van der Waals surface area contributed by atoms with Gasteiger partial charge >= 0.3 is 29.4 Å². The number of phosphoric acid groups is 3. The van der Waals surface area contributed by atoms with E-state index in [4.69, 9.17) is 19.1 Å². The molecule has 0 bridgehead atoms. The second-order valence-corrected chi connectivity index (χ2v) is 16.2. The number of aliphatic hydroxyl groups is 2. The van der Waals surface area contributed by atoms with Crippen LogP contribution in [0.2, 0.25) is 0 Å². The van der Waals surface area contributed by atoms with Crippen LogP contribution in [0.3, 0.4) is 0 Å². The molecule has 23 nitrogen and oxygen atoms in total. The van der Waals surface area contributed by atoms with Crippen LogP contribution >= 0.6 is 23.5 Å². The number of amides is 2. The van der Waals surface area contributed by atoms with Gasteiger partial charge in [-0.25, -0.2) is 13.7 Å². The summed E-state index contributed by atoms with van der Waals surface area (Å²) in [6.45, 7) is -0.0711. The SMILES string of the molecule is C[C@@H](C(=O)OCCNC(=O)CCNC(=O)[C@H](O)C(C)(C)COP(=O)(O)OP(=O)(O)OC[C@H]1OC[C@H](O)[C@@H]1OP(=O)(O)O)S(=O)(=O)O. The fourth-order valence-electron chi connectivity index (χ4n) is 3.19. The molecule has 0 saturated carbocycles. The van der Waals surface area contributed by atoms with Gasteiger partial charge in [-0.15, -0.1) is 0 Å². The van der Waals surface area contributed by atoms with Crippen LogP contribution in [0.5, 0.6) is 0 Å². The Morgan fingerprint density at radius 1 is 1.02 bits per heavy atom. The van der Waals surface area contributed by atoms with Crippen molar-refractivity contribution in [3.63, 3.8) is 0 Å². The van der Waals surface area contributed by atoms with Crippen molar-refractivity contribution in [1.29, 1.82) is 0 Å². The van der Waals surface area contributed by atoms with E-state index in [-0.39, 0.29) is 19.5 Å². The highest BCUT2D eigenvalue weighted by molar-refractivity contribution is 7.87. The highest BCUT2D eigenvalue weighted by Crippen LogP contribution is 2.61. The largest absolute Gasteiger partial charge is 0.481 e. The van der Waals surface area contributed by atoms with Crippen molar-refractivity contribution in [2.24, 2.45) is 5.41 Å². The first kappa shape index (κ1) is 42.6. The van der Waals surface area contributed by atoms with Gasteiger partial charge in [-0.05, 0) is 6.92 Å². The van der Waals surface area contributed by atoms with Gasteiger partial charge in [0.15, 0.2) is 5.25 Å². The van der Waals surface area contributed by atoms with Gasteiger partial charge in [-0.2, -0.15) is 12.7 Å². The van der Waals surface area contributed by atoms with Gasteiger partial charge in [0, 0.05) is 18.4 Å². The zero-order valence-corrected chi connectivity index (χ0v) is 27.9. The quantitative estimate of drug-likeness (QED) is 0.0264. The normalized spacial score (nSPS) is 23.0. The van der Waals surface area contributed by atoms with E-state index < -0.39 is 113 Å². The maximum atomic E-state index is 12.3. The second-order valence-electron chi connectivity index (χ2n) is 10.2. The molecule has 27 heteroatoms. The lowest BCUT2D eigenvalue weighted by molar-refractivity contribution is -0.143. The van der Waals surface area contributed by atoms with Crippen LogP contribution in [0.4, 0.5) is 0 Å². The molecule has 46 heavy (non-hydrogen) atoms. The van der Waals surface area contributed by atoms with E-state index in [9.17, 15) is 56.5 Å². The molecular formula is C19H37N2O21P3S. The van der Waals surface area contributed by atoms with E-state index >= 15 is 0 Å². The third kappa shape index (κ3) is 15.6. The number of nitrogens with one attached hydrogen (secondary N) is 2. The Morgan fingerprint density at radius 3 is 2.17 bits per heavy atom. The highest BCUT2D eigenvalue weighted by atomic mass is 32.2. The maximum Gasteiger partial charge on any atom is 0.481 e. The molecule has 1 saturated heterocycles. The molecule has 2 amide bonds. The number of hydrogen-bond donors (Lipinski definition) is 9. The van der Waals surface area contributed by atoms with Crippen molar-refractivity contribution in [2.45, 2.75) is 56.9 Å². The summed E-state index contributed by atoms with van der Waals surface area (Å²) in [5.41, 5.74) is -1.64. The van der Waals surface area contributed by atoms with Crippen LogP contribution in [0.1, 0.15) is 27.2 Å². The summed E-state index contributed by atoms with van der Waals surface area (Å²) in [6.07, 6.45) is -6.99. The molecule has 7 atom stereocenters. The Kier molecular flexibility index (Phi) is 16.0. The minimum atomic E-state index is -5.43. The Labute approximate surface area is 262 Å². The highest BCUT2D eigenvalue weighted by Gasteiger charge is 2.44. The summed E-state index contributed by atoms with van der Waals surface area (Å²) in [7, 11) is -20.6. The van der Waals surface area contributed by atoms with E-state index in [1.165, 1.54) is 13.8 Å². The number of carbonyl (C=O) groups is 3. The zero-order chi connectivity index (χ0) is 35.7. The number of phosphoric ester groups is 3. The molecule has 0 spiro atoms. The van der Waals surface area contributed by atoms with Gasteiger partial charge in [0.05, 0.1) is 26.4 Å². The third-order valence-corrected chi connectivity index (χ3v) is 9.97. The zero-order valence-electron chi connectivity index (χ0n) is 24.4. The molecule has 1 aliphatic heterocycles. The van der Waals surface area contributed by atoms with Gasteiger partial charge in [0.2, 0.25) is 11.8 Å². The topological polar surface area (TPSA) is 358 Å². The molecule has 0 aliphatic carbocycles. The molecule has 1 rings (SSSR count). The van der Waals surface area contributed by atoms with Crippen LogP contribution in [-0.4, -0.2) is 130 Å². The Balaban J connectivity index is 2.49. The van der Waals surface area contributed by atoms with Gasteiger partial charge in [0.25, 0.3) is 10.1 Å². The summed E-state index contributed by atoms with van der Waals surface area (Å²) in [4.78, 5) is 73.1.